The van der Waals surface area contributed by atoms with E-state index in [1.807, 2.05) is 10.7 Å². The van der Waals surface area contributed by atoms with Gasteiger partial charge in [-0.15, -0.1) is 0 Å². The maximum absolute atomic E-state index is 13.2. The average Bonchev–Trinajstić information content (AvgIpc) is 2.91. The summed E-state index contributed by atoms with van der Waals surface area (Å²) in [5, 5.41) is 7.40. The molecule has 5 nitrogen and oxygen atoms in total. The number of benzene rings is 1. The van der Waals surface area contributed by atoms with Crippen molar-refractivity contribution in [3.05, 3.63) is 52.1 Å². The van der Waals surface area contributed by atoms with Crippen LogP contribution in [0.15, 0.2) is 24.3 Å². The number of hydrogen-bond donors (Lipinski definition) is 1. The predicted molar refractivity (Wildman–Crippen MR) is 85.3 cm³/mol. The predicted octanol–water partition coefficient (Wildman–Crippen LogP) is 2.33. The zero-order chi connectivity index (χ0) is 16.4. The summed E-state index contributed by atoms with van der Waals surface area (Å²) in [6.07, 6.45) is 0. The first-order chi connectivity index (χ1) is 11.0. The van der Waals surface area contributed by atoms with E-state index < -0.39 is 5.82 Å². The first-order valence-electron chi connectivity index (χ1n) is 7.47. The van der Waals surface area contributed by atoms with Crippen molar-refractivity contribution in [2.45, 2.75) is 33.1 Å². The van der Waals surface area contributed by atoms with Gasteiger partial charge < -0.3 is 5.32 Å². The lowest BCUT2D eigenvalue weighted by Gasteiger charge is -2.27. The largest absolute Gasteiger partial charge is 0.351 e. The Morgan fingerprint density at radius 1 is 1.39 bits per heavy atom. The smallest absolute Gasteiger partial charge is 0.217 e. The van der Waals surface area contributed by atoms with Crippen molar-refractivity contribution in [3.8, 4) is 0 Å². The molecule has 1 amide bonds. The molecule has 7 heteroatoms. The van der Waals surface area contributed by atoms with Crippen molar-refractivity contribution in [1.82, 2.24) is 20.0 Å². The zero-order valence-corrected chi connectivity index (χ0v) is 13.6. The molecule has 0 saturated heterocycles. The van der Waals surface area contributed by atoms with E-state index in [0.717, 1.165) is 36.6 Å². The second kappa shape index (κ2) is 6.68. The third-order valence-electron chi connectivity index (χ3n) is 3.84. The fourth-order valence-corrected chi connectivity index (χ4v) is 2.92. The minimum Gasteiger partial charge on any atom is -0.351 e. The minimum atomic E-state index is -0.394. The zero-order valence-electron chi connectivity index (χ0n) is 12.9. The Balaban J connectivity index is 1.65. The Bertz CT molecular complexity index is 731. The summed E-state index contributed by atoms with van der Waals surface area (Å²) in [4.78, 5) is 13.2. The van der Waals surface area contributed by atoms with E-state index in [-0.39, 0.29) is 10.9 Å². The molecule has 0 bridgehead atoms. The van der Waals surface area contributed by atoms with Crippen LogP contribution in [0.5, 0.6) is 0 Å². The number of nitrogens with zero attached hydrogens (tertiary/aromatic N) is 3. The molecule has 1 aromatic heterocycles. The Morgan fingerprint density at radius 2 is 2.22 bits per heavy atom. The molecule has 1 aliphatic heterocycles. The van der Waals surface area contributed by atoms with Crippen LogP contribution in [0.3, 0.4) is 0 Å². The van der Waals surface area contributed by atoms with Crippen LogP contribution in [0.25, 0.3) is 0 Å². The highest BCUT2D eigenvalue weighted by molar-refractivity contribution is 6.30. The molecule has 2 aromatic rings. The molecule has 0 atom stereocenters. The maximum Gasteiger partial charge on any atom is 0.217 e. The average molecular weight is 337 g/mol. The van der Waals surface area contributed by atoms with Crippen molar-refractivity contribution in [2.24, 2.45) is 0 Å². The van der Waals surface area contributed by atoms with Gasteiger partial charge in [0, 0.05) is 26.6 Å². The Hall–Kier alpha value is -1.92. The van der Waals surface area contributed by atoms with Gasteiger partial charge in [-0.05, 0) is 23.8 Å². The summed E-state index contributed by atoms with van der Waals surface area (Å²) in [5.74, 6) is -0.458. The molecule has 1 N–H and O–H groups in total. The summed E-state index contributed by atoms with van der Waals surface area (Å²) < 4.78 is 15.2. The second-order valence-corrected chi connectivity index (χ2v) is 6.13. The van der Waals surface area contributed by atoms with Crippen LogP contribution >= 0.6 is 11.6 Å². The molecule has 0 radical (unpaired) electrons. The molecule has 0 aliphatic carbocycles. The molecule has 1 aliphatic rings. The fourth-order valence-electron chi connectivity index (χ4n) is 2.71. The molecule has 0 spiro atoms. The van der Waals surface area contributed by atoms with Crippen molar-refractivity contribution < 1.29 is 9.18 Å². The number of nitrogens with one attached hydrogen (secondary N) is 1. The van der Waals surface area contributed by atoms with Gasteiger partial charge in [-0.2, -0.15) is 5.10 Å². The van der Waals surface area contributed by atoms with Crippen LogP contribution in [0, 0.1) is 5.82 Å². The molecule has 122 valence electrons. The van der Waals surface area contributed by atoms with Crippen molar-refractivity contribution >= 4 is 17.5 Å². The normalized spacial score (nSPS) is 14.6. The summed E-state index contributed by atoms with van der Waals surface area (Å²) in [6.45, 7) is 5.08. The van der Waals surface area contributed by atoms with Crippen LogP contribution in [0.2, 0.25) is 5.02 Å². The van der Waals surface area contributed by atoms with Gasteiger partial charge in [-0.3, -0.25) is 14.4 Å². The molecule has 0 unspecified atom stereocenters. The van der Waals surface area contributed by atoms with E-state index in [1.165, 1.54) is 13.0 Å². The van der Waals surface area contributed by atoms with E-state index in [4.69, 9.17) is 11.6 Å². The van der Waals surface area contributed by atoms with Gasteiger partial charge >= 0.3 is 0 Å². The van der Waals surface area contributed by atoms with E-state index in [2.05, 4.69) is 15.3 Å². The fraction of sp³-hybridized carbons (Fsp3) is 0.375. The topological polar surface area (TPSA) is 50.2 Å². The minimum absolute atomic E-state index is 0.0641. The molecular weight excluding hydrogens is 319 g/mol. The lowest BCUT2D eigenvalue weighted by Crippen LogP contribution is -2.33. The van der Waals surface area contributed by atoms with Crippen LogP contribution in [-0.2, 0) is 31.0 Å². The number of rotatable bonds is 4. The van der Waals surface area contributed by atoms with Gasteiger partial charge in [0.05, 0.1) is 29.5 Å². The molecule has 1 aromatic carbocycles. The maximum atomic E-state index is 13.2. The van der Waals surface area contributed by atoms with Crippen LogP contribution < -0.4 is 5.32 Å². The number of aromatic nitrogens is 2. The molecule has 3 rings (SSSR count). The summed E-state index contributed by atoms with van der Waals surface area (Å²) >= 11 is 5.83. The van der Waals surface area contributed by atoms with Gasteiger partial charge in [0.15, 0.2) is 0 Å². The van der Waals surface area contributed by atoms with Gasteiger partial charge in [-0.25, -0.2) is 4.39 Å². The highest BCUT2D eigenvalue weighted by atomic mass is 35.5. The number of fused-ring (bicyclic) bond motifs is 1. The standard InChI is InChI=1S/C16H18ClFN4O/c1-11(23)19-8-13-7-14-10-21(4-5-22(14)20-13)9-12-2-3-16(18)15(17)6-12/h2-3,6-7H,4-5,8-10H2,1H3,(H,19,23). The Morgan fingerprint density at radius 3 is 2.96 bits per heavy atom. The Labute approximate surface area is 139 Å². The molecular formula is C16H18ClFN4O. The van der Waals surface area contributed by atoms with Crippen LogP contribution in [0.1, 0.15) is 23.9 Å². The van der Waals surface area contributed by atoms with E-state index in [9.17, 15) is 9.18 Å². The molecule has 0 saturated carbocycles. The highest BCUT2D eigenvalue weighted by Crippen LogP contribution is 2.20. The van der Waals surface area contributed by atoms with E-state index in [1.54, 1.807) is 12.1 Å². The van der Waals surface area contributed by atoms with Gasteiger partial charge in [0.2, 0.25) is 5.91 Å². The van der Waals surface area contributed by atoms with Crippen LogP contribution in [-0.4, -0.2) is 27.1 Å². The monoisotopic (exact) mass is 336 g/mol. The third-order valence-corrected chi connectivity index (χ3v) is 4.13. The number of hydrogen-bond acceptors (Lipinski definition) is 3. The van der Waals surface area contributed by atoms with Gasteiger partial charge in [0.1, 0.15) is 5.82 Å². The van der Waals surface area contributed by atoms with Crippen LogP contribution in [0.4, 0.5) is 4.39 Å². The summed E-state index contributed by atoms with van der Waals surface area (Å²) in [6, 6.07) is 6.84. The van der Waals surface area contributed by atoms with E-state index in [0.29, 0.717) is 13.1 Å². The Kier molecular flexibility index (Phi) is 4.63. The molecule has 0 fully saturated rings. The highest BCUT2D eigenvalue weighted by Gasteiger charge is 2.18. The summed E-state index contributed by atoms with van der Waals surface area (Å²) in [7, 11) is 0. The van der Waals surface area contributed by atoms with Gasteiger partial charge in [-0.1, -0.05) is 17.7 Å². The number of carbonyl (C=O) groups is 1. The first-order valence-corrected chi connectivity index (χ1v) is 7.85. The SMILES string of the molecule is CC(=O)NCc1cc2n(n1)CCN(Cc1ccc(F)c(Cl)c1)C2. The molecule has 23 heavy (non-hydrogen) atoms. The number of carbonyl (C=O) groups excluding carboxylic acids is 1. The number of halogens is 2. The van der Waals surface area contributed by atoms with Crippen molar-refractivity contribution in [3.63, 3.8) is 0 Å². The van der Waals surface area contributed by atoms with Crippen molar-refractivity contribution in [1.29, 1.82) is 0 Å². The first kappa shape index (κ1) is 16.0. The number of amides is 1. The lowest BCUT2D eigenvalue weighted by molar-refractivity contribution is -0.119. The lowest BCUT2D eigenvalue weighted by atomic mass is 10.2. The molecule has 2 heterocycles. The van der Waals surface area contributed by atoms with Crippen molar-refractivity contribution in [2.75, 3.05) is 6.54 Å². The second-order valence-electron chi connectivity index (χ2n) is 5.72. The van der Waals surface area contributed by atoms with E-state index >= 15 is 0 Å². The summed E-state index contributed by atoms with van der Waals surface area (Å²) in [5.41, 5.74) is 2.97. The third kappa shape index (κ3) is 3.89. The van der Waals surface area contributed by atoms with Gasteiger partial charge in [0.25, 0.3) is 0 Å². The quantitative estimate of drug-likeness (QED) is 0.932.